The average Bonchev–Trinajstić information content (AvgIpc) is 3.58. The Labute approximate surface area is 191 Å². The predicted molar refractivity (Wildman–Crippen MR) is 118 cm³/mol. The molecule has 1 aliphatic carbocycles. The molecule has 31 heavy (non-hydrogen) atoms. The largest absolute Gasteiger partial charge is 0.492 e. The van der Waals surface area contributed by atoms with Crippen LogP contribution in [-0.2, 0) is 14.4 Å². The van der Waals surface area contributed by atoms with Crippen LogP contribution in [0, 0.1) is 11.8 Å². The van der Waals surface area contributed by atoms with Crippen molar-refractivity contribution in [2.45, 2.75) is 38.6 Å². The van der Waals surface area contributed by atoms with Crippen molar-refractivity contribution < 1.29 is 24.2 Å². The van der Waals surface area contributed by atoms with Crippen molar-refractivity contribution in [2.75, 3.05) is 19.7 Å². The van der Waals surface area contributed by atoms with E-state index >= 15 is 0 Å². The van der Waals surface area contributed by atoms with Gasteiger partial charge in [-0.15, -0.1) is 0 Å². The number of nitrogens with one attached hydrogen (secondary N) is 1. The standard InChI is InChI=1S/C22H26Cl2N2O5/c1-13(22(29)30)25-21(28)16-8-10-26(11-9-16)18(27)7-5-15-4-6-17(20(24)19(15)23)31-12-14-2-3-14/h4-7,13-14,16H,2-3,8-12H2,1H3,(H,25,28)(H,29,30)/b7-5+/t13-/m0/s1. The summed E-state index contributed by atoms with van der Waals surface area (Å²) in [6.07, 6.45) is 6.38. The zero-order chi connectivity index (χ0) is 22.5. The average molecular weight is 469 g/mol. The molecule has 2 amide bonds. The first-order valence-electron chi connectivity index (χ1n) is 10.4. The number of amides is 2. The van der Waals surface area contributed by atoms with Crippen molar-refractivity contribution in [3.8, 4) is 5.75 Å². The molecule has 2 N–H and O–H groups in total. The van der Waals surface area contributed by atoms with Crippen molar-refractivity contribution in [1.82, 2.24) is 10.2 Å². The normalized spacial score (nSPS) is 18.1. The van der Waals surface area contributed by atoms with Gasteiger partial charge >= 0.3 is 5.97 Å². The molecule has 0 radical (unpaired) electrons. The van der Waals surface area contributed by atoms with E-state index in [-0.39, 0.29) is 17.7 Å². The lowest BCUT2D eigenvalue weighted by atomic mass is 9.95. The maximum absolute atomic E-state index is 12.5. The van der Waals surface area contributed by atoms with Crippen molar-refractivity contribution in [1.29, 1.82) is 0 Å². The van der Waals surface area contributed by atoms with Gasteiger partial charge in [-0.05, 0) is 62.3 Å². The molecule has 0 bridgehead atoms. The van der Waals surface area contributed by atoms with Gasteiger partial charge in [-0.1, -0.05) is 23.2 Å². The number of halogens is 2. The number of hydrogen-bond donors (Lipinski definition) is 2. The molecule has 3 rings (SSSR count). The number of nitrogens with zero attached hydrogens (tertiary/aromatic N) is 1. The summed E-state index contributed by atoms with van der Waals surface area (Å²) in [5, 5.41) is 12.0. The molecule has 0 unspecified atom stereocenters. The summed E-state index contributed by atoms with van der Waals surface area (Å²) in [6, 6.07) is 2.58. The summed E-state index contributed by atoms with van der Waals surface area (Å²) in [4.78, 5) is 37.2. The van der Waals surface area contributed by atoms with Crippen molar-refractivity contribution in [2.24, 2.45) is 11.8 Å². The van der Waals surface area contributed by atoms with Gasteiger partial charge in [0.2, 0.25) is 11.8 Å². The van der Waals surface area contributed by atoms with Gasteiger partial charge in [0.1, 0.15) is 16.8 Å². The third-order valence-corrected chi connectivity index (χ3v) is 6.44. The number of carbonyl (C=O) groups is 3. The Kier molecular flexibility index (Phi) is 7.84. The van der Waals surface area contributed by atoms with Crippen molar-refractivity contribution in [3.05, 3.63) is 33.8 Å². The van der Waals surface area contributed by atoms with E-state index in [1.54, 1.807) is 23.1 Å². The molecule has 1 aliphatic heterocycles. The van der Waals surface area contributed by atoms with Crippen LogP contribution in [-0.4, -0.2) is 53.5 Å². The van der Waals surface area contributed by atoms with E-state index in [4.69, 9.17) is 33.0 Å². The van der Waals surface area contributed by atoms with E-state index in [0.717, 1.165) is 0 Å². The molecular weight excluding hydrogens is 443 g/mol. The van der Waals surface area contributed by atoms with Gasteiger partial charge < -0.3 is 20.1 Å². The molecule has 1 atom stereocenters. The maximum atomic E-state index is 12.5. The highest BCUT2D eigenvalue weighted by atomic mass is 35.5. The van der Waals surface area contributed by atoms with Crippen LogP contribution in [0.4, 0.5) is 0 Å². The van der Waals surface area contributed by atoms with Crippen LogP contribution in [0.25, 0.3) is 6.08 Å². The van der Waals surface area contributed by atoms with Gasteiger partial charge in [-0.25, -0.2) is 0 Å². The Morgan fingerprint density at radius 3 is 2.48 bits per heavy atom. The molecule has 168 valence electrons. The second-order valence-electron chi connectivity index (χ2n) is 8.04. The highest BCUT2D eigenvalue weighted by molar-refractivity contribution is 6.43. The summed E-state index contributed by atoms with van der Waals surface area (Å²) in [6.45, 7) is 2.90. The number of carboxylic acids is 1. The molecule has 9 heteroatoms. The molecule has 0 aromatic heterocycles. The number of carboxylic acid groups (broad SMARTS) is 1. The lowest BCUT2D eigenvalue weighted by Gasteiger charge is -2.31. The number of ether oxygens (including phenoxy) is 1. The van der Waals surface area contributed by atoms with Gasteiger partial charge in [0, 0.05) is 25.1 Å². The van der Waals surface area contributed by atoms with Crippen LogP contribution in [0.2, 0.25) is 10.0 Å². The van der Waals surface area contributed by atoms with Gasteiger partial charge in [-0.2, -0.15) is 0 Å². The molecule has 2 aliphatic rings. The first kappa shape index (κ1) is 23.4. The number of piperidine rings is 1. The number of rotatable bonds is 8. The molecule has 7 nitrogen and oxygen atoms in total. The molecule has 0 spiro atoms. The van der Waals surface area contributed by atoms with Crippen LogP contribution >= 0.6 is 23.2 Å². The highest BCUT2D eigenvalue weighted by Crippen LogP contribution is 2.37. The fourth-order valence-electron chi connectivity index (χ4n) is 3.30. The SMILES string of the molecule is C[C@H](NC(=O)C1CCN(C(=O)/C=C/c2ccc(OCC3CC3)c(Cl)c2Cl)CC1)C(=O)O. The zero-order valence-corrected chi connectivity index (χ0v) is 18.8. The first-order chi connectivity index (χ1) is 14.8. The second kappa shape index (κ2) is 10.4. The summed E-state index contributed by atoms with van der Waals surface area (Å²) in [5.74, 6) is -0.706. The first-order valence-corrected chi connectivity index (χ1v) is 11.1. The summed E-state index contributed by atoms with van der Waals surface area (Å²) in [7, 11) is 0. The lowest BCUT2D eigenvalue weighted by molar-refractivity contribution is -0.142. The van der Waals surface area contributed by atoms with Gasteiger partial charge in [-0.3, -0.25) is 14.4 Å². The van der Waals surface area contributed by atoms with Crippen molar-refractivity contribution in [3.63, 3.8) is 0 Å². The van der Waals surface area contributed by atoms with Crippen molar-refractivity contribution >= 4 is 47.1 Å². The topological polar surface area (TPSA) is 95.9 Å². The molecule has 1 aromatic rings. The van der Waals surface area contributed by atoms with Crippen LogP contribution in [0.1, 0.15) is 38.2 Å². The summed E-state index contributed by atoms with van der Waals surface area (Å²) < 4.78 is 5.70. The quantitative estimate of drug-likeness (QED) is 0.567. The van der Waals surface area contributed by atoms with Crippen LogP contribution in [0.5, 0.6) is 5.75 Å². The lowest BCUT2D eigenvalue weighted by Crippen LogP contribution is -2.46. The second-order valence-corrected chi connectivity index (χ2v) is 8.79. The Morgan fingerprint density at radius 2 is 1.87 bits per heavy atom. The Bertz CT molecular complexity index is 877. The third-order valence-electron chi connectivity index (χ3n) is 5.56. The molecule has 1 aromatic carbocycles. The van der Waals surface area contributed by atoms with E-state index in [9.17, 15) is 14.4 Å². The minimum atomic E-state index is -1.08. The molecular formula is C22H26Cl2N2O5. The monoisotopic (exact) mass is 468 g/mol. The van der Waals surface area contributed by atoms with Crippen LogP contribution in [0.15, 0.2) is 18.2 Å². The Balaban J connectivity index is 1.52. The predicted octanol–water partition coefficient (Wildman–Crippen LogP) is 3.62. The Morgan fingerprint density at radius 1 is 1.19 bits per heavy atom. The number of aliphatic carboxylic acids is 1. The highest BCUT2D eigenvalue weighted by Gasteiger charge is 2.28. The van der Waals surface area contributed by atoms with Gasteiger partial charge in [0.05, 0.1) is 11.6 Å². The third kappa shape index (κ3) is 6.37. The fourth-order valence-corrected chi connectivity index (χ4v) is 3.75. The number of hydrogen-bond acceptors (Lipinski definition) is 4. The van der Waals surface area contributed by atoms with E-state index in [2.05, 4.69) is 5.32 Å². The van der Waals surface area contributed by atoms with E-state index in [1.807, 2.05) is 0 Å². The minimum absolute atomic E-state index is 0.181. The summed E-state index contributed by atoms with van der Waals surface area (Å²) >= 11 is 12.6. The number of carbonyl (C=O) groups excluding carboxylic acids is 2. The van der Waals surface area contributed by atoms with Gasteiger partial charge in [0.15, 0.2) is 0 Å². The molecule has 1 saturated carbocycles. The molecule has 1 saturated heterocycles. The summed E-state index contributed by atoms with van der Waals surface area (Å²) in [5.41, 5.74) is 0.621. The zero-order valence-electron chi connectivity index (χ0n) is 17.3. The maximum Gasteiger partial charge on any atom is 0.325 e. The molecule has 1 heterocycles. The molecule has 2 fully saturated rings. The van der Waals surface area contributed by atoms with Crippen LogP contribution < -0.4 is 10.1 Å². The van der Waals surface area contributed by atoms with E-state index in [1.165, 1.54) is 25.8 Å². The number of benzene rings is 1. The van der Waals surface area contributed by atoms with E-state index < -0.39 is 12.0 Å². The Hall–Kier alpha value is -2.25. The van der Waals surface area contributed by atoms with Gasteiger partial charge in [0.25, 0.3) is 0 Å². The smallest absolute Gasteiger partial charge is 0.325 e. The van der Waals surface area contributed by atoms with Crippen LogP contribution in [0.3, 0.4) is 0 Å². The number of likely N-dealkylation sites (tertiary alicyclic amines) is 1. The minimum Gasteiger partial charge on any atom is -0.492 e. The fraction of sp³-hybridized carbons (Fsp3) is 0.500. The van der Waals surface area contributed by atoms with E-state index in [0.29, 0.717) is 59.8 Å².